The number of ether oxygens (including phenoxy) is 2. The van der Waals surface area contributed by atoms with Gasteiger partial charge in [0.25, 0.3) is 0 Å². The summed E-state index contributed by atoms with van der Waals surface area (Å²) in [7, 11) is 1.28. The Hall–Kier alpha value is -2.65. The molecule has 1 aliphatic carbocycles. The molecule has 3 N–H and O–H groups in total. The fourth-order valence-electron chi connectivity index (χ4n) is 4.84. The molecule has 2 amide bonds. The van der Waals surface area contributed by atoms with Crippen molar-refractivity contribution in [3.63, 3.8) is 0 Å². The maximum Gasteiger partial charge on any atom is 0.328 e. The summed E-state index contributed by atoms with van der Waals surface area (Å²) in [6.07, 6.45) is 4.65. The summed E-state index contributed by atoms with van der Waals surface area (Å²) in [5, 5.41) is 21.7. The second kappa shape index (κ2) is 12.0. The zero-order valence-corrected chi connectivity index (χ0v) is 19.1. The Morgan fingerprint density at radius 2 is 1.97 bits per heavy atom. The number of carbonyl (C=O) groups excluding carboxylic acids is 3. The number of carbonyl (C=O) groups is 3. The Morgan fingerprint density at radius 3 is 2.64 bits per heavy atom. The van der Waals surface area contributed by atoms with Crippen LogP contribution in [0.1, 0.15) is 44.1 Å². The van der Waals surface area contributed by atoms with Gasteiger partial charge in [0.1, 0.15) is 17.8 Å². The van der Waals surface area contributed by atoms with E-state index in [-0.39, 0.29) is 62.2 Å². The lowest BCUT2D eigenvalue weighted by Gasteiger charge is -2.34. The van der Waals surface area contributed by atoms with Gasteiger partial charge in [0, 0.05) is 13.0 Å². The quantitative estimate of drug-likeness (QED) is 0.470. The molecule has 1 aromatic rings. The van der Waals surface area contributed by atoms with Gasteiger partial charge in [0.15, 0.2) is 0 Å². The van der Waals surface area contributed by atoms with E-state index in [2.05, 4.69) is 5.32 Å². The molecule has 2 fully saturated rings. The van der Waals surface area contributed by atoms with Crippen molar-refractivity contribution in [2.45, 2.75) is 63.1 Å². The predicted molar refractivity (Wildman–Crippen MR) is 119 cm³/mol. The number of nitrogens with one attached hydrogen (secondary N) is 1. The Kier molecular flexibility index (Phi) is 9.08. The van der Waals surface area contributed by atoms with E-state index in [0.717, 1.165) is 32.1 Å². The van der Waals surface area contributed by atoms with Crippen molar-refractivity contribution in [3.05, 3.63) is 29.8 Å². The summed E-state index contributed by atoms with van der Waals surface area (Å²) < 4.78 is 10.5. The van der Waals surface area contributed by atoms with Crippen LogP contribution < -0.4 is 5.32 Å². The fraction of sp³-hybridized carbons (Fsp3) is 0.625. The minimum absolute atomic E-state index is 0.0184. The number of methoxy groups -OCH3 is 1. The van der Waals surface area contributed by atoms with E-state index < -0.39 is 18.1 Å². The number of esters is 1. The van der Waals surface area contributed by atoms with Crippen LogP contribution in [0.15, 0.2) is 24.3 Å². The highest BCUT2D eigenvalue weighted by Crippen LogP contribution is 2.30. The Bertz CT molecular complexity index is 825. The molecule has 0 spiro atoms. The lowest BCUT2D eigenvalue weighted by molar-refractivity contribution is -0.152. The van der Waals surface area contributed by atoms with E-state index in [1.807, 2.05) is 0 Å². The van der Waals surface area contributed by atoms with Crippen molar-refractivity contribution in [2.24, 2.45) is 5.92 Å². The number of rotatable bonds is 9. The van der Waals surface area contributed by atoms with Gasteiger partial charge in [-0.2, -0.15) is 0 Å². The van der Waals surface area contributed by atoms with Crippen molar-refractivity contribution in [2.75, 3.05) is 26.9 Å². The third kappa shape index (κ3) is 6.68. The molecule has 0 bridgehead atoms. The number of likely N-dealkylation sites (tertiary alicyclic amines) is 1. The first-order valence-electron chi connectivity index (χ1n) is 11.6. The van der Waals surface area contributed by atoms with Gasteiger partial charge < -0.3 is 29.9 Å². The number of aliphatic hydroxyl groups excluding tert-OH is 1. The average Bonchev–Trinajstić information content (AvgIpc) is 3.25. The number of phenolic OH excluding ortho intramolecular Hbond substituents is 1. The number of nitrogens with zero attached hydrogens (tertiary/aromatic N) is 1. The van der Waals surface area contributed by atoms with Gasteiger partial charge in [-0.1, -0.05) is 31.4 Å². The molecular weight excluding hydrogens is 428 g/mol. The van der Waals surface area contributed by atoms with Gasteiger partial charge in [-0.3, -0.25) is 9.59 Å². The number of aliphatic hydroxyl groups is 1. The highest BCUT2D eigenvalue weighted by Gasteiger charge is 2.44. The molecule has 1 aromatic carbocycles. The van der Waals surface area contributed by atoms with Crippen LogP contribution in [0.5, 0.6) is 5.75 Å². The van der Waals surface area contributed by atoms with E-state index in [9.17, 15) is 19.5 Å². The zero-order chi connectivity index (χ0) is 23.8. The van der Waals surface area contributed by atoms with Crippen LogP contribution in [0.25, 0.3) is 0 Å². The third-order valence-electron chi connectivity index (χ3n) is 6.44. The van der Waals surface area contributed by atoms with Crippen LogP contribution >= 0.6 is 0 Å². The number of hydrogen-bond donors (Lipinski definition) is 3. The molecule has 0 radical (unpaired) electrons. The second-order valence-corrected chi connectivity index (χ2v) is 8.77. The van der Waals surface area contributed by atoms with Gasteiger partial charge in [0.2, 0.25) is 11.8 Å². The van der Waals surface area contributed by atoms with E-state index in [4.69, 9.17) is 14.6 Å². The first-order chi connectivity index (χ1) is 15.9. The first-order valence-corrected chi connectivity index (χ1v) is 11.6. The number of phenols is 1. The van der Waals surface area contributed by atoms with E-state index in [1.165, 1.54) is 24.1 Å². The number of amides is 2. The smallest absolute Gasteiger partial charge is 0.328 e. The molecule has 9 nitrogen and oxygen atoms in total. The summed E-state index contributed by atoms with van der Waals surface area (Å²) in [6.45, 7) is 0.167. The molecule has 0 aromatic heterocycles. The second-order valence-electron chi connectivity index (χ2n) is 8.77. The molecular formula is C24H34N2O7. The lowest BCUT2D eigenvalue weighted by Crippen LogP contribution is -2.55. The summed E-state index contributed by atoms with van der Waals surface area (Å²) in [6, 6.07) is 4.92. The largest absolute Gasteiger partial charge is 0.508 e. The molecule has 1 saturated heterocycles. The van der Waals surface area contributed by atoms with Crippen molar-refractivity contribution in [1.82, 2.24) is 10.2 Å². The highest BCUT2D eigenvalue weighted by molar-refractivity contribution is 5.92. The predicted octanol–water partition coefficient (Wildman–Crippen LogP) is 1.15. The van der Waals surface area contributed by atoms with E-state index in [0.29, 0.717) is 5.56 Å². The fourth-order valence-corrected chi connectivity index (χ4v) is 4.84. The van der Waals surface area contributed by atoms with E-state index in [1.54, 1.807) is 12.1 Å². The maximum absolute atomic E-state index is 13.7. The number of benzene rings is 1. The minimum atomic E-state index is -0.791. The van der Waals surface area contributed by atoms with Crippen LogP contribution in [0.2, 0.25) is 0 Å². The Morgan fingerprint density at radius 1 is 1.21 bits per heavy atom. The standard InChI is InChI=1S/C24H34N2O7/c1-32-24(31)20-14-19(33-11-10-27)15-26(20)23(30)22(17-7-3-2-4-8-17)25-21(29)13-16-6-5-9-18(28)12-16/h5-6,9,12,17,19-20,22,27-28H,2-4,7-8,10-11,13-15H2,1H3,(H,25,29)/t19-,20+,22+/m1/s1. The maximum atomic E-state index is 13.7. The van der Waals surface area contributed by atoms with Crippen molar-refractivity contribution < 1.29 is 34.1 Å². The molecule has 3 atom stereocenters. The van der Waals surface area contributed by atoms with Crippen LogP contribution in [0, 0.1) is 5.92 Å². The summed E-state index contributed by atoms with van der Waals surface area (Å²) >= 11 is 0. The minimum Gasteiger partial charge on any atom is -0.508 e. The SMILES string of the molecule is COC(=O)[C@@H]1C[C@@H](OCCO)CN1C(=O)[C@@H](NC(=O)Cc1cccc(O)c1)C1CCCCC1. The zero-order valence-electron chi connectivity index (χ0n) is 19.1. The molecule has 1 aliphatic heterocycles. The van der Waals surface area contributed by atoms with Crippen molar-refractivity contribution in [3.8, 4) is 5.75 Å². The normalized spacial score (nSPS) is 22.1. The average molecular weight is 463 g/mol. The Labute approximate surface area is 194 Å². The van der Waals surface area contributed by atoms with Crippen molar-refractivity contribution in [1.29, 1.82) is 0 Å². The lowest BCUT2D eigenvalue weighted by atomic mass is 9.83. The first kappa shape index (κ1) is 25.0. The van der Waals surface area contributed by atoms with Gasteiger partial charge in [-0.05, 0) is 36.5 Å². The summed E-state index contributed by atoms with van der Waals surface area (Å²) in [4.78, 5) is 40.4. The van der Waals surface area contributed by atoms with Gasteiger partial charge >= 0.3 is 5.97 Å². The van der Waals surface area contributed by atoms with Gasteiger partial charge in [-0.25, -0.2) is 4.79 Å². The summed E-state index contributed by atoms with van der Waals surface area (Å²) in [5.41, 5.74) is 0.647. The third-order valence-corrected chi connectivity index (χ3v) is 6.44. The van der Waals surface area contributed by atoms with Gasteiger partial charge in [0.05, 0.1) is 32.8 Å². The summed E-state index contributed by atoms with van der Waals surface area (Å²) in [5.74, 6) is -1.09. The molecule has 33 heavy (non-hydrogen) atoms. The molecule has 3 rings (SSSR count). The monoisotopic (exact) mass is 462 g/mol. The topological polar surface area (TPSA) is 125 Å². The molecule has 182 valence electrons. The number of hydrogen-bond acceptors (Lipinski definition) is 7. The number of aromatic hydroxyl groups is 1. The van der Waals surface area contributed by atoms with Crippen molar-refractivity contribution >= 4 is 17.8 Å². The van der Waals surface area contributed by atoms with Crippen LogP contribution in [-0.4, -0.2) is 78.0 Å². The molecule has 1 heterocycles. The molecule has 0 unspecified atom stereocenters. The highest BCUT2D eigenvalue weighted by atomic mass is 16.5. The van der Waals surface area contributed by atoms with Crippen LogP contribution in [0.4, 0.5) is 0 Å². The van der Waals surface area contributed by atoms with Gasteiger partial charge in [-0.15, -0.1) is 0 Å². The van der Waals surface area contributed by atoms with E-state index >= 15 is 0 Å². The van der Waals surface area contributed by atoms with Crippen LogP contribution in [-0.2, 0) is 30.3 Å². The Balaban J connectivity index is 1.77. The molecule has 1 saturated carbocycles. The molecule has 9 heteroatoms. The molecule has 2 aliphatic rings. The van der Waals surface area contributed by atoms with Crippen LogP contribution in [0.3, 0.4) is 0 Å².